The number of pyridine rings is 2. The molecule has 4 heterocycles. The number of benzene rings is 5. The molecule has 7 heteroatoms. The summed E-state index contributed by atoms with van der Waals surface area (Å²) < 4.78 is 44.8. The Labute approximate surface area is 358 Å². The Morgan fingerprint density at radius 2 is 1.50 bits per heavy atom. The number of fused-ring (bicyclic) bond motifs is 6. The van der Waals surface area contributed by atoms with Gasteiger partial charge in [0.25, 0.3) is 0 Å². The Bertz CT molecular complexity index is 3020. The smallest absolute Gasteiger partial charge is 0.120 e. The summed E-state index contributed by atoms with van der Waals surface area (Å²) in [7, 11) is 0. The van der Waals surface area contributed by atoms with E-state index < -0.39 is 12.7 Å². The summed E-state index contributed by atoms with van der Waals surface area (Å²) in [6, 6.07) is 39.5. The molecule has 0 aliphatic carbocycles. The van der Waals surface area contributed by atoms with Gasteiger partial charge in [0.2, 0.25) is 0 Å². The van der Waals surface area contributed by atoms with Crippen LogP contribution in [0.4, 0.5) is 4.39 Å². The average molecular weight is 946 g/mol. The van der Waals surface area contributed by atoms with Crippen molar-refractivity contribution < 1.29 is 33.0 Å². The Hall–Kier alpha value is -5.49. The maximum atomic E-state index is 14.1. The SMILES string of the molecule is Cc1nc2ccccc2c2c1nc(-c1[c-]ccc3c1oc1ccccc13)n2-c1c(C(C)C)cccc1C(C)C.[2H]C([2H])([2H])c1c[c-]c(-c2ccc(C(C)(C)C)cn2)c(F)c1.[Ir]. The molecule has 58 heavy (non-hydrogen) atoms. The van der Waals surface area contributed by atoms with Crippen LogP contribution in [0, 0.1) is 31.7 Å². The molecule has 1 radical (unpaired) electrons. The van der Waals surface area contributed by atoms with Crippen LogP contribution < -0.4 is 0 Å². The fourth-order valence-electron chi connectivity index (χ4n) is 7.59. The Morgan fingerprint density at radius 1 is 0.793 bits per heavy atom. The quantitative estimate of drug-likeness (QED) is 0.161. The van der Waals surface area contributed by atoms with E-state index in [4.69, 9.17) is 18.5 Å². The summed E-state index contributed by atoms with van der Waals surface area (Å²) in [4.78, 5) is 14.5. The summed E-state index contributed by atoms with van der Waals surface area (Å²) in [5, 5.41) is 3.25. The third-order valence-corrected chi connectivity index (χ3v) is 10.6. The van der Waals surface area contributed by atoms with E-state index in [0.29, 0.717) is 17.5 Å². The van der Waals surface area contributed by atoms with Gasteiger partial charge in [0.15, 0.2) is 0 Å². The molecule has 0 N–H and O–H groups in total. The van der Waals surface area contributed by atoms with Gasteiger partial charge in [-0.3, -0.25) is 14.4 Å². The minimum atomic E-state index is -2.33. The van der Waals surface area contributed by atoms with Gasteiger partial charge in [-0.2, -0.15) is 0 Å². The van der Waals surface area contributed by atoms with Crippen LogP contribution in [0.5, 0.6) is 0 Å². The van der Waals surface area contributed by atoms with Crippen LogP contribution in [0.1, 0.15) is 92.4 Å². The first-order valence-electron chi connectivity index (χ1n) is 20.9. The van der Waals surface area contributed by atoms with Gasteiger partial charge < -0.3 is 14.0 Å². The number of rotatable bonds is 5. The minimum absolute atomic E-state index is 0. The number of imidazole rings is 1. The first-order chi connectivity index (χ1) is 28.5. The van der Waals surface area contributed by atoms with Gasteiger partial charge in [-0.25, -0.2) is 0 Å². The molecule has 0 amide bonds. The number of furan rings is 1. The molecule has 0 fully saturated rings. The largest absolute Gasteiger partial charge is 0.501 e. The summed E-state index contributed by atoms with van der Waals surface area (Å²) >= 11 is 0. The standard InChI is InChI=1S/C35H30N3O.C16H17FN.Ir/c1-20(2)23-14-10-15-24(21(3)4)32(23)38-33-27-13-6-8-18-29(27)36-22(5)31(33)37-35(38)28-17-11-16-26-25-12-7-9-19-30(25)39-34(26)28;1-11-5-7-13(14(17)9-11)15-8-6-12(10-18-15)16(2,3)4;/h6-16,18-21H,1-5H3;5-6,8-10H,1-4H3;/q2*-1;/i;1D3;. The second-order valence-electron chi connectivity index (χ2n) is 16.3. The van der Waals surface area contributed by atoms with Crippen LogP contribution in [0.3, 0.4) is 0 Å². The summed E-state index contributed by atoms with van der Waals surface area (Å²) in [6.45, 7) is 15.0. The molecule has 5 aromatic carbocycles. The number of hydrogen-bond acceptors (Lipinski definition) is 4. The van der Waals surface area contributed by atoms with Crippen molar-refractivity contribution in [1.29, 1.82) is 0 Å². The van der Waals surface area contributed by atoms with Crippen molar-refractivity contribution in [2.45, 2.75) is 79.5 Å². The van der Waals surface area contributed by atoms with Crippen molar-refractivity contribution in [3.8, 4) is 28.3 Å². The third-order valence-electron chi connectivity index (χ3n) is 10.6. The van der Waals surface area contributed by atoms with Crippen LogP contribution in [-0.4, -0.2) is 19.5 Å². The Balaban J connectivity index is 0.000000217. The summed E-state index contributed by atoms with van der Waals surface area (Å²) in [5.74, 6) is 0.846. The predicted molar refractivity (Wildman–Crippen MR) is 233 cm³/mol. The second-order valence-corrected chi connectivity index (χ2v) is 16.3. The molecule has 5 nitrogen and oxygen atoms in total. The monoisotopic (exact) mass is 946 g/mol. The van der Waals surface area contributed by atoms with E-state index in [1.54, 1.807) is 12.3 Å². The topological polar surface area (TPSA) is 56.7 Å². The van der Waals surface area contributed by atoms with E-state index in [0.717, 1.165) is 72.6 Å². The van der Waals surface area contributed by atoms with Crippen molar-refractivity contribution in [1.82, 2.24) is 19.5 Å². The number of para-hydroxylation sites is 3. The molecule has 295 valence electrons. The van der Waals surface area contributed by atoms with E-state index in [-0.39, 0.29) is 36.6 Å². The fourth-order valence-corrected chi connectivity index (χ4v) is 7.59. The molecule has 0 atom stereocenters. The van der Waals surface area contributed by atoms with E-state index in [1.807, 2.05) is 30.3 Å². The van der Waals surface area contributed by atoms with Gasteiger partial charge >= 0.3 is 0 Å². The molecule has 9 aromatic rings. The van der Waals surface area contributed by atoms with Crippen LogP contribution in [-0.2, 0) is 25.5 Å². The van der Waals surface area contributed by atoms with E-state index in [9.17, 15) is 4.39 Å². The van der Waals surface area contributed by atoms with Crippen LogP contribution in [0.2, 0.25) is 0 Å². The van der Waals surface area contributed by atoms with Gasteiger partial charge in [0, 0.05) is 52.7 Å². The molecule has 0 spiro atoms. The van der Waals surface area contributed by atoms with Gasteiger partial charge in [-0.15, -0.1) is 42.0 Å². The van der Waals surface area contributed by atoms with Gasteiger partial charge in [-0.1, -0.05) is 139 Å². The molecule has 0 bridgehead atoms. The van der Waals surface area contributed by atoms with Crippen molar-refractivity contribution in [2.24, 2.45) is 0 Å². The Morgan fingerprint density at radius 3 is 2.16 bits per heavy atom. The summed E-state index contributed by atoms with van der Waals surface area (Å²) in [6.07, 6.45) is 1.71. The molecule has 4 aromatic heterocycles. The van der Waals surface area contributed by atoms with Crippen molar-refractivity contribution >= 4 is 43.9 Å². The predicted octanol–water partition coefficient (Wildman–Crippen LogP) is 13.8. The van der Waals surface area contributed by atoms with Crippen LogP contribution in [0.15, 0.2) is 114 Å². The van der Waals surface area contributed by atoms with Crippen LogP contribution in [0.25, 0.3) is 72.2 Å². The first-order valence-corrected chi connectivity index (χ1v) is 19.4. The summed E-state index contributed by atoms with van der Waals surface area (Å²) in [5.41, 5.74) is 11.7. The van der Waals surface area contributed by atoms with E-state index in [1.165, 1.54) is 22.9 Å². The molecular weight excluding hydrogens is 896 g/mol. The third kappa shape index (κ3) is 7.38. The molecule has 9 rings (SSSR count). The maximum absolute atomic E-state index is 14.1. The van der Waals surface area contributed by atoms with Crippen LogP contribution >= 0.6 is 0 Å². The zero-order chi connectivity index (χ0) is 42.7. The number of halogens is 1. The molecule has 0 aliphatic rings. The molecule has 0 aliphatic heterocycles. The molecule has 0 saturated carbocycles. The van der Waals surface area contributed by atoms with E-state index in [2.05, 4.69) is 132 Å². The van der Waals surface area contributed by atoms with Crippen molar-refractivity contribution in [3.63, 3.8) is 0 Å². The van der Waals surface area contributed by atoms with Crippen molar-refractivity contribution in [2.75, 3.05) is 0 Å². The van der Waals surface area contributed by atoms with Gasteiger partial charge in [-0.05, 0) is 58.7 Å². The Kier molecular flexibility index (Phi) is 10.2. The van der Waals surface area contributed by atoms with Gasteiger partial charge in [0.05, 0.1) is 33.7 Å². The van der Waals surface area contributed by atoms with Gasteiger partial charge in [0.1, 0.15) is 5.58 Å². The zero-order valence-electron chi connectivity index (χ0n) is 37.0. The second kappa shape index (κ2) is 16.0. The molecule has 0 unspecified atom stereocenters. The number of nitrogens with zero attached hydrogens (tertiary/aromatic N) is 4. The molecular formula is C51H47FIrN4O-2. The van der Waals surface area contributed by atoms with Crippen molar-refractivity contribution in [3.05, 3.63) is 155 Å². The first kappa shape index (κ1) is 36.8. The normalized spacial score (nSPS) is 12.8. The van der Waals surface area contributed by atoms with E-state index >= 15 is 0 Å². The number of aromatic nitrogens is 4. The number of aryl methyl sites for hydroxylation is 2. The maximum Gasteiger partial charge on any atom is 0.120 e. The number of hydrogen-bond donors (Lipinski definition) is 0. The minimum Gasteiger partial charge on any atom is -0.501 e. The molecule has 0 saturated heterocycles. The fraction of sp³-hybridized carbons (Fsp3) is 0.235. The zero-order valence-corrected chi connectivity index (χ0v) is 36.4. The average Bonchev–Trinajstić information content (AvgIpc) is 3.80.